The lowest BCUT2D eigenvalue weighted by Gasteiger charge is -2.14. The minimum Gasteiger partial charge on any atom is -0.371 e. The van der Waals surface area contributed by atoms with E-state index < -0.39 is 0 Å². The molecule has 3 heteroatoms. The minimum absolute atomic E-state index is 0.115. The van der Waals surface area contributed by atoms with Gasteiger partial charge in [-0.25, -0.2) is 0 Å². The molecule has 1 fully saturated rings. The van der Waals surface area contributed by atoms with Crippen LogP contribution in [-0.2, 0) is 9.47 Å². The molecule has 15 heavy (non-hydrogen) atoms. The zero-order chi connectivity index (χ0) is 10.8. The Labute approximate surface area is 98.7 Å². The molecule has 2 rings (SSSR count). The van der Waals surface area contributed by atoms with Crippen LogP contribution in [0.25, 0.3) is 0 Å². The third-order valence-electron chi connectivity index (χ3n) is 2.53. The first-order valence-corrected chi connectivity index (χ1v) is 5.95. The molecular formula is C12H15BrO2. The molecule has 0 aromatic heterocycles. The summed E-state index contributed by atoms with van der Waals surface area (Å²) in [6.07, 6.45) is 0.445. The average Bonchev–Trinajstić information content (AvgIpc) is 2.97. The van der Waals surface area contributed by atoms with Crippen molar-refractivity contribution in [2.45, 2.75) is 26.1 Å². The molecule has 1 heterocycles. The molecular weight excluding hydrogens is 256 g/mol. The number of halogens is 1. The van der Waals surface area contributed by atoms with Crippen LogP contribution in [0.2, 0.25) is 0 Å². The Kier molecular flexibility index (Phi) is 3.44. The standard InChI is InChI=1S/C12H15BrO2/c1-8-3-4-11(12(13)5-8)9(2)14-6-10-7-15-10/h3-5,9-10H,6-7H2,1-2H3/t9-,10+/m1/s1. The van der Waals surface area contributed by atoms with Crippen molar-refractivity contribution in [1.82, 2.24) is 0 Å². The van der Waals surface area contributed by atoms with Gasteiger partial charge in [-0.2, -0.15) is 0 Å². The first-order chi connectivity index (χ1) is 7.16. The molecule has 1 aromatic rings. The van der Waals surface area contributed by atoms with Gasteiger partial charge in [-0.05, 0) is 31.0 Å². The van der Waals surface area contributed by atoms with Gasteiger partial charge in [0.25, 0.3) is 0 Å². The van der Waals surface area contributed by atoms with Crippen LogP contribution in [0.5, 0.6) is 0 Å². The van der Waals surface area contributed by atoms with Gasteiger partial charge in [0.1, 0.15) is 6.10 Å². The van der Waals surface area contributed by atoms with Crippen LogP contribution < -0.4 is 0 Å². The molecule has 0 unspecified atom stereocenters. The number of hydrogen-bond acceptors (Lipinski definition) is 2. The van der Waals surface area contributed by atoms with E-state index in [1.54, 1.807) is 0 Å². The van der Waals surface area contributed by atoms with Crippen molar-refractivity contribution in [3.8, 4) is 0 Å². The second-order valence-corrected chi connectivity index (χ2v) is 4.81. The van der Waals surface area contributed by atoms with Gasteiger partial charge in [0.2, 0.25) is 0 Å². The molecule has 1 saturated heterocycles. The quantitative estimate of drug-likeness (QED) is 0.784. The molecule has 0 aliphatic carbocycles. The maximum atomic E-state index is 5.72. The van der Waals surface area contributed by atoms with Gasteiger partial charge in [0, 0.05) is 4.47 Å². The van der Waals surface area contributed by atoms with E-state index in [0.29, 0.717) is 12.7 Å². The van der Waals surface area contributed by atoms with Crippen LogP contribution in [0, 0.1) is 6.92 Å². The predicted octanol–water partition coefficient (Wildman–Crippen LogP) is 3.23. The molecule has 0 radical (unpaired) electrons. The van der Waals surface area contributed by atoms with Gasteiger partial charge in [-0.1, -0.05) is 28.1 Å². The van der Waals surface area contributed by atoms with E-state index in [1.807, 2.05) is 0 Å². The van der Waals surface area contributed by atoms with Crippen LogP contribution in [0.15, 0.2) is 22.7 Å². The Bertz CT molecular complexity index is 347. The molecule has 0 saturated carbocycles. The monoisotopic (exact) mass is 270 g/mol. The highest BCUT2D eigenvalue weighted by Crippen LogP contribution is 2.27. The summed E-state index contributed by atoms with van der Waals surface area (Å²) in [7, 11) is 0. The highest BCUT2D eigenvalue weighted by molar-refractivity contribution is 9.10. The van der Waals surface area contributed by atoms with Crippen molar-refractivity contribution in [1.29, 1.82) is 0 Å². The molecule has 0 amide bonds. The van der Waals surface area contributed by atoms with Crippen LogP contribution in [0.1, 0.15) is 24.2 Å². The zero-order valence-electron chi connectivity index (χ0n) is 9.00. The molecule has 82 valence electrons. The van der Waals surface area contributed by atoms with Gasteiger partial charge in [0.15, 0.2) is 0 Å². The van der Waals surface area contributed by atoms with Crippen molar-refractivity contribution in [3.63, 3.8) is 0 Å². The van der Waals surface area contributed by atoms with E-state index in [0.717, 1.165) is 11.1 Å². The minimum atomic E-state index is 0.115. The van der Waals surface area contributed by atoms with E-state index in [-0.39, 0.29) is 6.10 Å². The van der Waals surface area contributed by atoms with Gasteiger partial charge >= 0.3 is 0 Å². The van der Waals surface area contributed by atoms with Crippen molar-refractivity contribution < 1.29 is 9.47 Å². The second kappa shape index (κ2) is 4.64. The Morgan fingerprint density at radius 1 is 1.60 bits per heavy atom. The summed E-state index contributed by atoms with van der Waals surface area (Å²) in [6, 6.07) is 6.33. The highest BCUT2D eigenvalue weighted by Gasteiger charge is 2.24. The Morgan fingerprint density at radius 3 is 2.93 bits per heavy atom. The third kappa shape index (κ3) is 3.03. The number of rotatable bonds is 4. The van der Waals surface area contributed by atoms with E-state index >= 15 is 0 Å². The van der Waals surface area contributed by atoms with Gasteiger partial charge < -0.3 is 9.47 Å². The van der Waals surface area contributed by atoms with E-state index in [2.05, 4.69) is 48.0 Å². The van der Waals surface area contributed by atoms with Crippen LogP contribution in [-0.4, -0.2) is 19.3 Å². The first-order valence-electron chi connectivity index (χ1n) is 5.16. The zero-order valence-corrected chi connectivity index (χ0v) is 10.6. The lowest BCUT2D eigenvalue weighted by atomic mass is 10.1. The van der Waals surface area contributed by atoms with Gasteiger partial charge in [-0.15, -0.1) is 0 Å². The molecule has 0 bridgehead atoms. The Balaban J connectivity index is 1.99. The van der Waals surface area contributed by atoms with E-state index in [1.165, 1.54) is 11.1 Å². The van der Waals surface area contributed by atoms with Crippen molar-refractivity contribution >= 4 is 15.9 Å². The summed E-state index contributed by atoms with van der Waals surface area (Å²) < 4.78 is 11.9. The molecule has 0 spiro atoms. The summed E-state index contributed by atoms with van der Waals surface area (Å²) >= 11 is 3.56. The van der Waals surface area contributed by atoms with Gasteiger partial charge in [0.05, 0.1) is 19.3 Å². The SMILES string of the molecule is Cc1ccc([C@@H](C)OC[C@H]2CO2)c(Br)c1. The molecule has 0 N–H and O–H groups in total. The summed E-state index contributed by atoms with van der Waals surface area (Å²) in [6.45, 7) is 5.69. The maximum absolute atomic E-state index is 5.72. The second-order valence-electron chi connectivity index (χ2n) is 3.96. The fourth-order valence-electron chi connectivity index (χ4n) is 1.47. The summed E-state index contributed by atoms with van der Waals surface area (Å²) in [4.78, 5) is 0. The fraction of sp³-hybridized carbons (Fsp3) is 0.500. The largest absolute Gasteiger partial charge is 0.371 e. The highest BCUT2D eigenvalue weighted by atomic mass is 79.9. The van der Waals surface area contributed by atoms with Crippen molar-refractivity contribution in [3.05, 3.63) is 33.8 Å². The molecule has 1 aliphatic heterocycles. The number of aryl methyl sites for hydroxylation is 1. The number of ether oxygens (including phenoxy) is 2. The lowest BCUT2D eigenvalue weighted by molar-refractivity contribution is 0.0535. The number of benzene rings is 1. The number of hydrogen-bond donors (Lipinski definition) is 0. The van der Waals surface area contributed by atoms with E-state index in [9.17, 15) is 0 Å². The maximum Gasteiger partial charge on any atom is 0.104 e. The Morgan fingerprint density at radius 2 is 2.33 bits per heavy atom. The molecule has 1 aliphatic rings. The fourth-order valence-corrected chi connectivity index (χ4v) is 2.28. The summed E-state index contributed by atoms with van der Waals surface area (Å²) in [5, 5.41) is 0. The van der Waals surface area contributed by atoms with Crippen LogP contribution >= 0.6 is 15.9 Å². The normalized spacial score (nSPS) is 21.4. The predicted molar refractivity (Wildman–Crippen MR) is 63.0 cm³/mol. The average molecular weight is 271 g/mol. The molecule has 2 atom stereocenters. The van der Waals surface area contributed by atoms with Gasteiger partial charge in [-0.3, -0.25) is 0 Å². The van der Waals surface area contributed by atoms with Crippen molar-refractivity contribution in [2.75, 3.05) is 13.2 Å². The lowest BCUT2D eigenvalue weighted by Crippen LogP contribution is -2.06. The number of epoxide rings is 1. The Hall–Kier alpha value is -0.380. The smallest absolute Gasteiger partial charge is 0.104 e. The summed E-state index contributed by atoms with van der Waals surface area (Å²) in [5.74, 6) is 0. The molecule has 1 aromatic carbocycles. The summed E-state index contributed by atoms with van der Waals surface area (Å²) in [5.41, 5.74) is 2.45. The topological polar surface area (TPSA) is 21.8 Å². The van der Waals surface area contributed by atoms with E-state index in [4.69, 9.17) is 9.47 Å². The van der Waals surface area contributed by atoms with Crippen LogP contribution in [0.3, 0.4) is 0 Å². The third-order valence-corrected chi connectivity index (χ3v) is 3.22. The molecule has 2 nitrogen and oxygen atoms in total. The first kappa shape index (κ1) is 11.1. The van der Waals surface area contributed by atoms with Crippen LogP contribution in [0.4, 0.5) is 0 Å². The van der Waals surface area contributed by atoms with Crippen molar-refractivity contribution in [2.24, 2.45) is 0 Å².